The molecule has 0 aliphatic carbocycles. The maximum absolute atomic E-state index is 13.1. The summed E-state index contributed by atoms with van der Waals surface area (Å²) in [5.41, 5.74) is 0. The molecule has 1 fully saturated rings. The van der Waals surface area contributed by atoms with Gasteiger partial charge in [0.1, 0.15) is 0 Å². The van der Waals surface area contributed by atoms with Crippen molar-refractivity contribution in [2.45, 2.75) is 43.1 Å². The Morgan fingerprint density at radius 2 is 1.35 bits per heavy atom. The SMILES string of the molecule is CC(F)(F)C1(F)CC(F)(F)C(F)(C(F)(F)F)O1. The van der Waals surface area contributed by atoms with Crippen LogP contribution in [0, 0.1) is 0 Å². The first-order valence-corrected chi connectivity index (χ1v) is 4.07. The zero-order valence-corrected chi connectivity index (χ0v) is 8.02. The molecule has 0 amide bonds. The third-order valence-electron chi connectivity index (χ3n) is 2.24. The molecule has 0 bridgehead atoms. The third-order valence-corrected chi connectivity index (χ3v) is 2.24. The summed E-state index contributed by atoms with van der Waals surface area (Å²) < 4.78 is 115. The maximum atomic E-state index is 13.1. The highest BCUT2D eigenvalue weighted by Crippen LogP contribution is 2.60. The molecule has 0 aromatic rings. The van der Waals surface area contributed by atoms with Gasteiger partial charge in [0.25, 0.3) is 5.85 Å². The van der Waals surface area contributed by atoms with Crippen LogP contribution in [0.2, 0.25) is 0 Å². The van der Waals surface area contributed by atoms with Crippen molar-refractivity contribution in [3.63, 3.8) is 0 Å². The van der Waals surface area contributed by atoms with Gasteiger partial charge >= 0.3 is 23.9 Å². The minimum absolute atomic E-state index is 0.287. The fraction of sp³-hybridized carbons (Fsp3) is 1.00. The predicted molar refractivity (Wildman–Crippen MR) is 35.0 cm³/mol. The molecule has 1 saturated heterocycles. The fourth-order valence-corrected chi connectivity index (χ4v) is 1.24. The lowest BCUT2D eigenvalue weighted by molar-refractivity contribution is -0.407. The molecule has 2 unspecified atom stereocenters. The van der Waals surface area contributed by atoms with Gasteiger partial charge in [-0.1, -0.05) is 0 Å². The average molecular weight is 276 g/mol. The van der Waals surface area contributed by atoms with E-state index in [0.717, 1.165) is 0 Å². The normalized spacial score (nSPS) is 38.5. The molecular weight excluding hydrogens is 271 g/mol. The van der Waals surface area contributed by atoms with Crippen LogP contribution in [0.25, 0.3) is 0 Å². The van der Waals surface area contributed by atoms with Crippen LogP contribution in [0.4, 0.5) is 39.5 Å². The molecule has 10 heteroatoms. The first-order chi connectivity index (χ1) is 7.16. The Hall–Kier alpha value is -0.670. The third kappa shape index (κ3) is 1.85. The number of alkyl halides is 9. The number of rotatable bonds is 1. The molecule has 0 aromatic heterocycles. The van der Waals surface area contributed by atoms with Gasteiger partial charge in [-0.3, -0.25) is 4.74 Å². The zero-order valence-electron chi connectivity index (χ0n) is 8.02. The second-order valence-corrected chi connectivity index (χ2v) is 3.69. The molecule has 0 radical (unpaired) electrons. The topological polar surface area (TPSA) is 9.23 Å². The summed E-state index contributed by atoms with van der Waals surface area (Å²) in [5, 5.41) is 0. The highest BCUT2D eigenvalue weighted by molar-refractivity contribution is 5.06. The van der Waals surface area contributed by atoms with Crippen molar-refractivity contribution in [1.29, 1.82) is 0 Å². The average Bonchev–Trinajstić information content (AvgIpc) is 2.16. The van der Waals surface area contributed by atoms with Gasteiger partial charge in [0.15, 0.2) is 0 Å². The minimum Gasteiger partial charge on any atom is -0.291 e. The number of ether oxygens (including phenoxy) is 1. The molecule has 102 valence electrons. The van der Waals surface area contributed by atoms with Crippen molar-refractivity contribution < 1.29 is 44.3 Å². The highest BCUT2D eigenvalue weighted by Gasteiger charge is 2.84. The summed E-state index contributed by atoms with van der Waals surface area (Å²) in [6, 6.07) is 0. The Morgan fingerprint density at radius 1 is 0.941 bits per heavy atom. The van der Waals surface area contributed by atoms with Crippen molar-refractivity contribution >= 4 is 0 Å². The Labute approximate surface area is 88.5 Å². The van der Waals surface area contributed by atoms with E-state index < -0.39 is 36.2 Å². The molecule has 0 spiro atoms. The van der Waals surface area contributed by atoms with Crippen LogP contribution in [-0.2, 0) is 4.74 Å². The van der Waals surface area contributed by atoms with Gasteiger partial charge in [0.05, 0.1) is 6.42 Å². The Bertz CT molecular complexity index is 318. The van der Waals surface area contributed by atoms with Gasteiger partial charge in [-0.2, -0.15) is 26.3 Å². The van der Waals surface area contributed by atoms with Gasteiger partial charge in [0, 0.05) is 6.92 Å². The van der Waals surface area contributed by atoms with E-state index in [4.69, 9.17) is 0 Å². The Kier molecular flexibility index (Phi) is 2.71. The molecule has 1 nitrogen and oxygen atoms in total. The smallest absolute Gasteiger partial charge is 0.291 e. The second-order valence-electron chi connectivity index (χ2n) is 3.69. The fourth-order valence-electron chi connectivity index (χ4n) is 1.24. The lowest BCUT2D eigenvalue weighted by Gasteiger charge is -2.29. The van der Waals surface area contributed by atoms with E-state index in [2.05, 4.69) is 4.74 Å². The summed E-state index contributed by atoms with van der Waals surface area (Å²) in [6.45, 7) is -0.287. The molecule has 1 rings (SSSR count). The van der Waals surface area contributed by atoms with Gasteiger partial charge in [0.2, 0.25) is 0 Å². The zero-order chi connectivity index (χ0) is 13.9. The minimum atomic E-state index is -6.34. The van der Waals surface area contributed by atoms with Crippen molar-refractivity contribution in [3.8, 4) is 0 Å². The van der Waals surface area contributed by atoms with Crippen molar-refractivity contribution in [1.82, 2.24) is 0 Å². The van der Waals surface area contributed by atoms with E-state index in [1.165, 1.54) is 0 Å². The molecule has 0 aromatic carbocycles. The number of hydrogen-bond acceptors (Lipinski definition) is 1. The molecule has 17 heavy (non-hydrogen) atoms. The first-order valence-electron chi connectivity index (χ1n) is 4.07. The summed E-state index contributed by atoms with van der Waals surface area (Å²) in [6.07, 6.45) is -9.06. The van der Waals surface area contributed by atoms with Crippen LogP contribution >= 0.6 is 0 Å². The predicted octanol–water partition coefficient (Wildman–Crippen LogP) is 3.59. The summed E-state index contributed by atoms with van der Waals surface area (Å²) >= 11 is 0. The Balaban J connectivity index is 3.24. The van der Waals surface area contributed by atoms with Crippen molar-refractivity contribution in [2.24, 2.45) is 0 Å². The van der Waals surface area contributed by atoms with Crippen molar-refractivity contribution in [2.75, 3.05) is 0 Å². The van der Waals surface area contributed by atoms with Gasteiger partial charge in [-0.15, -0.1) is 0 Å². The molecule has 1 aliphatic heterocycles. The molecule has 1 aliphatic rings. The van der Waals surface area contributed by atoms with Crippen LogP contribution in [0.5, 0.6) is 0 Å². The summed E-state index contributed by atoms with van der Waals surface area (Å²) in [7, 11) is 0. The van der Waals surface area contributed by atoms with E-state index in [0.29, 0.717) is 0 Å². The van der Waals surface area contributed by atoms with Gasteiger partial charge in [-0.25, -0.2) is 13.2 Å². The monoisotopic (exact) mass is 276 g/mol. The number of halogens is 9. The lowest BCUT2D eigenvalue weighted by atomic mass is 10.0. The maximum Gasteiger partial charge on any atom is 0.455 e. The molecule has 0 saturated carbocycles. The quantitative estimate of drug-likeness (QED) is 0.665. The molecule has 1 heterocycles. The Morgan fingerprint density at radius 3 is 1.53 bits per heavy atom. The molecular formula is C7H5F9O. The van der Waals surface area contributed by atoms with Crippen LogP contribution in [0.15, 0.2) is 0 Å². The van der Waals surface area contributed by atoms with Crippen LogP contribution < -0.4 is 0 Å². The highest BCUT2D eigenvalue weighted by atomic mass is 19.4. The molecule has 0 N–H and O–H groups in total. The number of hydrogen-bond donors (Lipinski definition) is 0. The van der Waals surface area contributed by atoms with Gasteiger partial charge in [-0.05, 0) is 0 Å². The second kappa shape index (κ2) is 3.21. The largest absolute Gasteiger partial charge is 0.455 e. The van der Waals surface area contributed by atoms with E-state index in [1.807, 2.05) is 0 Å². The van der Waals surface area contributed by atoms with E-state index >= 15 is 0 Å². The van der Waals surface area contributed by atoms with E-state index in [1.54, 1.807) is 0 Å². The van der Waals surface area contributed by atoms with Crippen LogP contribution in [-0.4, -0.2) is 29.7 Å². The summed E-state index contributed by atoms with van der Waals surface area (Å²) in [4.78, 5) is 0. The lowest BCUT2D eigenvalue weighted by Crippen LogP contribution is -2.53. The summed E-state index contributed by atoms with van der Waals surface area (Å²) in [5.74, 6) is -20.6. The van der Waals surface area contributed by atoms with Crippen LogP contribution in [0.1, 0.15) is 13.3 Å². The van der Waals surface area contributed by atoms with Crippen molar-refractivity contribution in [3.05, 3.63) is 0 Å². The first kappa shape index (κ1) is 14.4. The van der Waals surface area contributed by atoms with E-state index in [-0.39, 0.29) is 6.92 Å². The standard InChI is InChI=1S/C7H5F9O/c1-3(8,9)5(12)2-4(10,11)6(13,17-5)7(14,15)16/h2H2,1H3. The van der Waals surface area contributed by atoms with E-state index in [9.17, 15) is 39.5 Å². The van der Waals surface area contributed by atoms with Crippen LogP contribution in [0.3, 0.4) is 0 Å². The van der Waals surface area contributed by atoms with Gasteiger partial charge < -0.3 is 0 Å². The molecule has 2 atom stereocenters.